The lowest BCUT2D eigenvalue weighted by atomic mass is 9.60. The van der Waals surface area contributed by atoms with E-state index in [0.717, 1.165) is 12.8 Å². The number of carbonyl (C=O) groups excluding carboxylic acids is 1. The quantitative estimate of drug-likeness (QED) is 0.684. The normalized spacial score (nSPS) is 21.4. The van der Waals surface area contributed by atoms with E-state index in [4.69, 9.17) is 4.74 Å². The van der Waals surface area contributed by atoms with Crippen LogP contribution in [0.1, 0.15) is 60.3 Å². The summed E-state index contributed by atoms with van der Waals surface area (Å²) >= 11 is 0. The number of hydrogen-bond donors (Lipinski definition) is 0. The summed E-state index contributed by atoms with van der Waals surface area (Å²) in [5.41, 5.74) is 0.455. The molecule has 0 aliphatic heterocycles. The van der Waals surface area contributed by atoms with Gasteiger partial charge >= 0.3 is 5.97 Å². The topological polar surface area (TPSA) is 26.3 Å². The maximum Gasteiger partial charge on any atom is 0.302 e. The molecule has 1 aliphatic carbocycles. The van der Waals surface area contributed by atoms with Gasteiger partial charge in [0.15, 0.2) is 0 Å². The van der Waals surface area contributed by atoms with Crippen molar-refractivity contribution in [3.63, 3.8) is 0 Å². The summed E-state index contributed by atoms with van der Waals surface area (Å²) in [6.45, 7) is 10.8. The minimum Gasteiger partial charge on any atom is -0.463 e. The van der Waals surface area contributed by atoms with Crippen LogP contribution >= 0.6 is 0 Å². The van der Waals surface area contributed by atoms with Crippen LogP contribution in [0.2, 0.25) is 0 Å². The number of hydrogen-bond acceptors (Lipinski definition) is 2. The van der Waals surface area contributed by atoms with Crippen molar-refractivity contribution < 1.29 is 9.53 Å². The maximum absolute atomic E-state index is 10.9. The summed E-state index contributed by atoms with van der Waals surface area (Å²) in [6, 6.07) is 0. The Labute approximate surface area is 99.8 Å². The molecule has 1 rings (SSSR count). The smallest absolute Gasteiger partial charge is 0.302 e. The van der Waals surface area contributed by atoms with Crippen molar-refractivity contribution in [1.82, 2.24) is 0 Å². The van der Waals surface area contributed by atoms with Crippen molar-refractivity contribution in [2.75, 3.05) is 0 Å². The van der Waals surface area contributed by atoms with Gasteiger partial charge in [0.05, 0.1) is 0 Å². The Morgan fingerprint density at radius 2 is 1.56 bits per heavy atom. The lowest BCUT2D eigenvalue weighted by Crippen LogP contribution is -2.39. The van der Waals surface area contributed by atoms with Gasteiger partial charge in [-0.05, 0) is 42.9 Å². The van der Waals surface area contributed by atoms with E-state index in [2.05, 4.69) is 27.7 Å². The van der Waals surface area contributed by atoms with Gasteiger partial charge in [-0.15, -0.1) is 0 Å². The van der Waals surface area contributed by atoms with E-state index in [1.54, 1.807) is 0 Å². The number of rotatable bonds is 3. The van der Waals surface area contributed by atoms with E-state index in [9.17, 15) is 4.79 Å². The van der Waals surface area contributed by atoms with Gasteiger partial charge < -0.3 is 4.74 Å². The van der Waals surface area contributed by atoms with Gasteiger partial charge in [-0.1, -0.05) is 27.7 Å². The lowest BCUT2D eigenvalue weighted by molar-refractivity contribution is -0.150. The van der Waals surface area contributed by atoms with Crippen LogP contribution in [-0.2, 0) is 9.53 Å². The molecule has 0 aromatic carbocycles. The number of ether oxygens (including phenoxy) is 1. The molecule has 0 amide bonds. The summed E-state index contributed by atoms with van der Waals surface area (Å²) in [4.78, 5) is 10.9. The fraction of sp³-hybridized carbons (Fsp3) is 0.929. The molecule has 0 bridgehead atoms. The third-order valence-electron chi connectivity index (χ3n) is 4.50. The summed E-state index contributed by atoms with van der Waals surface area (Å²) < 4.78 is 5.31. The van der Waals surface area contributed by atoms with Gasteiger partial charge in [0.25, 0.3) is 0 Å². The Morgan fingerprint density at radius 1 is 1.12 bits per heavy atom. The minimum absolute atomic E-state index is 0.133. The van der Waals surface area contributed by atoms with Crippen LogP contribution in [0.25, 0.3) is 0 Å². The van der Waals surface area contributed by atoms with Gasteiger partial charge in [0, 0.05) is 6.92 Å². The molecule has 1 saturated carbocycles. The van der Waals surface area contributed by atoms with Gasteiger partial charge in [-0.3, -0.25) is 4.79 Å². The Bertz CT molecular complexity index is 225. The molecular formula is C14H26O2. The Hall–Kier alpha value is -0.530. The van der Waals surface area contributed by atoms with Crippen LogP contribution < -0.4 is 0 Å². The first-order chi connectivity index (χ1) is 7.38. The highest BCUT2D eigenvalue weighted by atomic mass is 16.5. The van der Waals surface area contributed by atoms with Crippen molar-refractivity contribution >= 4 is 5.97 Å². The average molecular weight is 226 g/mol. The third-order valence-corrected chi connectivity index (χ3v) is 4.50. The van der Waals surface area contributed by atoms with Crippen molar-refractivity contribution in [2.45, 2.75) is 66.4 Å². The van der Waals surface area contributed by atoms with E-state index in [0.29, 0.717) is 17.3 Å². The molecular weight excluding hydrogens is 200 g/mol. The predicted molar refractivity (Wildman–Crippen MR) is 66.1 cm³/mol. The van der Waals surface area contributed by atoms with Gasteiger partial charge in [0.1, 0.15) is 6.10 Å². The van der Waals surface area contributed by atoms with Gasteiger partial charge in [-0.25, -0.2) is 0 Å². The largest absolute Gasteiger partial charge is 0.463 e. The van der Waals surface area contributed by atoms with Gasteiger partial charge in [0.2, 0.25) is 0 Å². The molecule has 0 aromatic rings. The van der Waals surface area contributed by atoms with Crippen LogP contribution in [0.5, 0.6) is 0 Å². The monoisotopic (exact) mass is 226 g/mol. The van der Waals surface area contributed by atoms with Crippen LogP contribution in [0.3, 0.4) is 0 Å². The van der Waals surface area contributed by atoms with Crippen LogP contribution in [0.15, 0.2) is 0 Å². The molecule has 0 atom stereocenters. The molecule has 0 aromatic heterocycles. The molecule has 0 spiro atoms. The highest BCUT2D eigenvalue weighted by molar-refractivity contribution is 5.66. The summed E-state index contributed by atoms with van der Waals surface area (Å²) in [5.74, 6) is 1.29. The second-order valence-electron chi connectivity index (χ2n) is 5.85. The highest BCUT2D eigenvalue weighted by Crippen LogP contribution is 2.48. The highest BCUT2D eigenvalue weighted by Gasteiger charge is 2.40. The second kappa shape index (κ2) is 5.20. The molecule has 0 heterocycles. The minimum atomic E-state index is -0.133. The van der Waals surface area contributed by atoms with Crippen LogP contribution in [0, 0.1) is 17.3 Å². The Morgan fingerprint density at radius 3 is 1.88 bits per heavy atom. The molecule has 1 aliphatic rings. The van der Waals surface area contributed by atoms with Crippen molar-refractivity contribution in [3.05, 3.63) is 0 Å². The zero-order valence-electron chi connectivity index (χ0n) is 11.4. The molecule has 1 fully saturated rings. The van der Waals surface area contributed by atoms with E-state index in [-0.39, 0.29) is 12.1 Å². The fourth-order valence-corrected chi connectivity index (χ4v) is 3.30. The standard InChI is InChI=1S/C14H26O2/c1-10(2)14(11(3)4)8-6-13(7-9-14)16-12(5)15/h10-11,13H,6-9H2,1-5H3. The van der Waals surface area contributed by atoms with E-state index in [1.807, 2.05) is 0 Å². The van der Waals surface area contributed by atoms with Crippen molar-refractivity contribution in [1.29, 1.82) is 0 Å². The van der Waals surface area contributed by atoms with E-state index < -0.39 is 0 Å². The van der Waals surface area contributed by atoms with Crippen LogP contribution in [-0.4, -0.2) is 12.1 Å². The SMILES string of the molecule is CC(=O)OC1CCC(C(C)C)(C(C)C)CC1. The zero-order chi connectivity index (χ0) is 12.3. The molecule has 0 saturated heterocycles. The number of carbonyl (C=O) groups is 1. The lowest BCUT2D eigenvalue weighted by Gasteiger charge is -2.46. The van der Waals surface area contributed by atoms with Crippen molar-refractivity contribution in [2.24, 2.45) is 17.3 Å². The fourth-order valence-electron chi connectivity index (χ4n) is 3.30. The molecule has 2 nitrogen and oxygen atoms in total. The van der Waals surface area contributed by atoms with Crippen LogP contribution in [0.4, 0.5) is 0 Å². The Kier molecular flexibility index (Phi) is 4.40. The molecule has 0 N–H and O–H groups in total. The summed E-state index contributed by atoms with van der Waals surface area (Å²) in [7, 11) is 0. The summed E-state index contributed by atoms with van der Waals surface area (Å²) in [5, 5.41) is 0. The molecule has 94 valence electrons. The van der Waals surface area contributed by atoms with Gasteiger partial charge in [-0.2, -0.15) is 0 Å². The zero-order valence-corrected chi connectivity index (χ0v) is 11.4. The maximum atomic E-state index is 10.9. The van der Waals surface area contributed by atoms with E-state index >= 15 is 0 Å². The molecule has 2 heteroatoms. The first kappa shape index (κ1) is 13.5. The third kappa shape index (κ3) is 2.78. The molecule has 16 heavy (non-hydrogen) atoms. The Balaban J connectivity index is 2.60. The van der Waals surface area contributed by atoms with E-state index in [1.165, 1.54) is 19.8 Å². The average Bonchev–Trinajstić information content (AvgIpc) is 2.17. The second-order valence-corrected chi connectivity index (χ2v) is 5.85. The van der Waals surface area contributed by atoms with Crippen molar-refractivity contribution in [3.8, 4) is 0 Å². The summed E-state index contributed by atoms with van der Waals surface area (Å²) in [6.07, 6.45) is 4.63. The molecule has 0 unspecified atom stereocenters. The first-order valence-corrected chi connectivity index (χ1v) is 6.55. The number of esters is 1. The first-order valence-electron chi connectivity index (χ1n) is 6.55. The molecule has 0 radical (unpaired) electrons. The predicted octanol–water partition coefficient (Wildman–Crippen LogP) is 3.79.